The zero-order valence-electron chi connectivity index (χ0n) is 15.7. The normalized spacial score (nSPS) is 15.7. The Hall–Kier alpha value is -3.69. The summed E-state index contributed by atoms with van der Waals surface area (Å²) in [5.41, 5.74) is 0.933. The van der Waals surface area contributed by atoms with Gasteiger partial charge in [0.05, 0.1) is 36.0 Å². The number of rotatable bonds is 6. The average Bonchev–Trinajstić information content (AvgIpc) is 3.18. The van der Waals surface area contributed by atoms with Crippen molar-refractivity contribution in [2.45, 2.75) is 31.9 Å². The van der Waals surface area contributed by atoms with Crippen LogP contribution in [-0.4, -0.2) is 34.7 Å². The Morgan fingerprint density at radius 1 is 1.28 bits per heavy atom. The molecule has 2 amide bonds. The Morgan fingerprint density at radius 3 is 2.86 bits per heavy atom. The molecule has 9 nitrogen and oxygen atoms in total. The molecule has 1 aromatic carbocycles. The predicted octanol–water partition coefficient (Wildman–Crippen LogP) is 2.35. The number of hydrogen-bond acceptors (Lipinski definition) is 6. The number of anilines is 1. The van der Waals surface area contributed by atoms with Gasteiger partial charge in [-0.25, -0.2) is 4.68 Å². The number of aromatic nitrogens is 2. The molecule has 0 bridgehead atoms. The Kier molecular flexibility index (Phi) is 6.56. The van der Waals surface area contributed by atoms with Gasteiger partial charge in [-0.05, 0) is 37.5 Å². The monoisotopic (exact) mass is 392 g/mol. The van der Waals surface area contributed by atoms with Gasteiger partial charge in [-0.2, -0.15) is 15.6 Å². The molecule has 1 saturated heterocycles. The highest BCUT2D eigenvalue weighted by atomic mass is 16.5. The number of amides is 2. The Balaban J connectivity index is 1.85. The van der Waals surface area contributed by atoms with E-state index in [1.807, 2.05) is 12.1 Å². The number of hydrogen-bond donors (Lipinski definition) is 2. The van der Waals surface area contributed by atoms with Gasteiger partial charge in [-0.1, -0.05) is 6.07 Å². The minimum Gasteiger partial charge on any atom is -0.357 e. The fourth-order valence-electron chi connectivity index (χ4n) is 2.97. The number of nitrogens with one attached hydrogen (secondary N) is 2. The van der Waals surface area contributed by atoms with Crippen molar-refractivity contribution in [3.63, 3.8) is 0 Å². The van der Waals surface area contributed by atoms with E-state index in [4.69, 9.17) is 15.3 Å². The molecule has 1 fully saturated rings. The van der Waals surface area contributed by atoms with Crippen molar-refractivity contribution < 1.29 is 14.3 Å². The second-order valence-electron chi connectivity index (χ2n) is 6.50. The fraction of sp³-hybridized carbons (Fsp3) is 0.350. The molecule has 1 aliphatic rings. The van der Waals surface area contributed by atoms with Gasteiger partial charge in [0.2, 0.25) is 0 Å². The Labute approximate surface area is 167 Å². The van der Waals surface area contributed by atoms with Crippen molar-refractivity contribution >= 4 is 17.5 Å². The lowest BCUT2D eigenvalue weighted by Gasteiger charge is -2.22. The highest BCUT2D eigenvalue weighted by molar-refractivity contribution is 6.08. The Bertz CT molecular complexity index is 979. The average molecular weight is 392 g/mol. The van der Waals surface area contributed by atoms with Crippen molar-refractivity contribution in [1.82, 2.24) is 15.1 Å². The lowest BCUT2D eigenvalue weighted by molar-refractivity contribution is -0.0395. The summed E-state index contributed by atoms with van der Waals surface area (Å²) in [7, 11) is 0. The molecule has 2 N–H and O–H groups in total. The Morgan fingerprint density at radius 2 is 2.14 bits per heavy atom. The summed E-state index contributed by atoms with van der Waals surface area (Å²) in [4.78, 5) is 25.2. The van der Waals surface area contributed by atoms with Gasteiger partial charge < -0.3 is 15.4 Å². The molecule has 1 unspecified atom stereocenters. The van der Waals surface area contributed by atoms with Crippen molar-refractivity contribution in [2.24, 2.45) is 0 Å². The van der Waals surface area contributed by atoms with Crippen LogP contribution in [0.15, 0.2) is 30.5 Å². The zero-order chi connectivity index (χ0) is 20.6. The first-order valence-electron chi connectivity index (χ1n) is 9.30. The van der Waals surface area contributed by atoms with E-state index in [1.54, 1.807) is 29.1 Å². The topological polar surface area (TPSA) is 133 Å². The van der Waals surface area contributed by atoms with Crippen LogP contribution in [0, 0.1) is 22.7 Å². The van der Waals surface area contributed by atoms with Crippen molar-refractivity contribution in [3.8, 4) is 12.1 Å². The van der Waals surface area contributed by atoms with Crippen LogP contribution in [0.4, 0.5) is 5.69 Å². The van der Waals surface area contributed by atoms with Crippen LogP contribution in [0.2, 0.25) is 0 Å². The quantitative estimate of drug-likeness (QED) is 0.725. The minimum atomic E-state index is -0.490. The summed E-state index contributed by atoms with van der Waals surface area (Å²) in [5.74, 6) is -0.951. The molecule has 0 spiro atoms. The molecule has 0 radical (unpaired) electrons. The molecule has 1 aliphatic heterocycles. The summed E-state index contributed by atoms with van der Waals surface area (Å²) >= 11 is 0. The van der Waals surface area contributed by atoms with E-state index in [0.717, 1.165) is 19.3 Å². The van der Waals surface area contributed by atoms with Crippen LogP contribution in [0.3, 0.4) is 0 Å². The van der Waals surface area contributed by atoms with E-state index < -0.39 is 11.8 Å². The predicted molar refractivity (Wildman–Crippen MR) is 103 cm³/mol. The van der Waals surface area contributed by atoms with E-state index in [1.165, 1.54) is 6.07 Å². The van der Waals surface area contributed by atoms with Crippen LogP contribution in [0.5, 0.6) is 0 Å². The maximum Gasteiger partial charge on any atom is 0.273 e. The molecule has 3 rings (SSSR count). The number of carbonyl (C=O) groups is 2. The van der Waals surface area contributed by atoms with E-state index in [-0.39, 0.29) is 30.6 Å². The molecule has 0 aliphatic carbocycles. The summed E-state index contributed by atoms with van der Waals surface area (Å²) in [5, 5.41) is 27.3. The number of ether oxygens (including phenoxy) is 1. The van der Waals surface area contributed by atoms with Gasteiger partial charge in [0.25, 0.3) is 11.8 Å². The first kappa shape index (κ1) is 20.1. The standard InChI is InChI=1S/C20H20N6O3/c21-8-4-9-23-20(28)18-16(13-26(25-18)17-7-1-2-10-29-17)24-19(27)15-6-3-5-14(11-15)12-22/h3,5-6,11,13,17H,1-2,4,7,9-10H2,(H,23,28)(H,24,27). The van der Waals surface area contributed by atoms with E-state index >= 15 is 0 Å². The summed E-state index contributed by atoms with van der Waals surface area (Å²) < 4.78 is 7.25. The van der Waals surface area contributed by atoms with E-state index in [2.05, 4.69) is 15.7 Å². The van der Waals surface area contributed by atoms with Crippen LogP contribution >= 0.6 is 0 Å². The van der Waals surface area contributed by atoms with Crippen molar-refractivity contribution in [1.29, 1.82) is 10.5 Å². The van der Waals surface area contributed by atoms with E-state index in [0.29, 0.717) is 17.7 Å². The molecule has 1 atom stereocenters. The van der Waals surface area contributed by atoms with Gasteiger partial charge in [-0.3, -0.25) is 9.59 Å². The van der Waals surface area contributed by atoms with Crippen LogP contribution in [0.1, 0.15) is 58.3 Å². The third-order valence-corrected chi connectivity index (χ3v) is 4.42. The van der Waals surface area contributed by atoms with Gasteiger partial charge in [0.15, 0.2) is 5.69 Å². The van der Waals surface area contributed by atoms with Gasteiger partial charge in [0, 0.05) is 18.7 Å². The molecule has 9 heteroatoms. The van der Waals surface area contributed by atoms with Crippen LogP contribution in [-0.2, 0) is 4.74 Å². The highest BCUT2D eigenvalue weighted by Gasteiger charge is 2.24. The molecular formula is C20H20N6O3. The second kappa shape index (κ2) is 9.49. The highest BCUT2D eigenvalue weighted by Crippen LogP contribution is 2.25. The largest absolute Gasteiger partial charge is 0.357 e. The molecular weight excluding hydrogens is 372 g/mol. The van der Waals surface area contributed by atoms with Crippen molar-refractivity contribution in [2.75, 3.05) is 18.5 Å². The summed E-state index contributed by atoms with van der Waals surface area (Å²) in [6.45, 7) is 0.788. The summed E-state index contributed by atoms with van der Waals surface area (Å²) in [6.07, 6.45) is 4.15. The first-order chi connectivity index (χ1) is 14.1. The lowest BCUT2D eigenvalue weighted by atomic mass is 10.1. The molecule has 2 aromatic rings. The van der Waals surface area contributed by atoms with Crippen LogP contribution < -0.4 is 10.6 Å². The summed E-state index contributed by atoms with van der Waals surface area (Å²) in [6, 6.07) is 10.2. The maximum atomic E-state index is 12.6. The number of benzene rings is 1. The fourth-order valence-corrected chi connectivity index (χ4v) is 2.97. The third-order valence-electron chi connectivity index (χ3n) is 4.42. The van der Waals surface area contributed by atoms with Crippen molar-refractivity contribution in [3.05, 3.63) is 47.3 Å². The number of nitrogens with zero attached hydrogens (tertiary/aromatic N) is 4. The molecule has 1 aromatic heterocycles. The third kappa shape index (κ3) is 4.98. The second-order valence-corrected chi connectivity index (χ2v) is 6.50. The molecule has 29 heavy (non-hydrogen) atoms. The number of nitriles is 2. The molecule has 2 heterocycles. The minimum absolute atomic E-state index is 0.0434. The molecule has 148 valence electrons. The lowest BCUT2D eigenvalue weighted by Crippen LogP contribution is -2.26. The SMILES string of the molecule is N#CCCNC(=O)c1nn(C2CCCCO2)cc1NC(=O)c1cccc(C#N)c1. The first-order valence-corrected chi connectivity index (χ1v) is 9.30. The zero-order valence-corrected chi connectivity index (χ0v) is 15.7. The van der Waals surface area contributed by atoms with Gasteiger partial charge in [-0.15, -0.1) is 0 Å². The molecule has 0 saturated carbocycles. The smallest absolute Gasteiger partial charge is 0.273 e. The maximum absolute atomic E-state index is 12.6. The van der Waals surface area contributed by atoms with E-state index in [9.17, 15) is 9.59 Å². The van der Waals surface area contributed by atoms with Crippen LogP contribution in [0.25, 0.3) is 0 Å². The number of carbonyl (C=O) groups excluding carboxylic acids is 2. The van der Waals surface area contributed by atoms with Gasteiger partial charge in [0.1, 0.15) is 6.23 Å². The van der Waals surface area contributed by atoms with Gasteiger partial charge >= 0.3 is 0 Å².